The number of benzene rings is 1. The molecule has 4 heteroatoms. The summed E-state index contributed by atoms with van der Waals surface area (Å²) < 4.78 is 1.96. The first kappa shape index (κ1) is 17.3. The van der Waals surface area contributed by atoms with Crippen LogP contribution in [0, 0.1) is 0 Å². The molecule has 0 N–H and O–H groups in total. The van der Waals surface area contributed by atoms with Gasteiger partial charge >= 0.3 is 0 Å². The van der Waals surface area contributed by atoms with Gasteiger partial charge in [0, 0.05) is 35.4 Å². The number of hydrogen-bond donors (Lipinski definition) is 0. The van der Waals surface area contributed by atoms with Gasteiger partial charge in [0.2, 0.25) is 0 Å². The minimum absolute atomic E-state index is 0.0714. The third-order valence-corrected chi connectivity index (χ3v) is 3.94. The van der Waals surface area contributed by atoms with Crippen LogP contribution < -0.4 is 0 Å². The van der Waals surface area contributed by atoms with Gasteiger partial charge in [-0.25, -0.2) is 0 Å². The number of nitrogens with zero attached hydrogens (tertiary/aromatic N) is 3. The van der Waals surface area contributed by atoms with Gasteiger partial charge in [-0.1, -0.05) is 18.2 Å². The molecule has 1 aromatic heterocycles. The van der Waals surface area contributed by atoms with Crippen LogP contribution in [0.4, 0.5) is 0 Å². The zero-order chi connectivity index (χ0) is 17.1. The molecule has 0 aliphatic carbocycles. The molecule has 0 aliphatic heterocycles. The van der Waals surface area contributed by atoms with Crippen LogP contribution in [0.15, 0.2) is 36.5 Å². The number of hydrogen-bond acceptors (Lipinski definition) is 2. The molecule has 0 atom stereocenters. The summed E-state index contributed by atoms with van der Waals surface area (Å²) >= 11 is 0. The Morgan fingerprint density at radius 3 is 2.17 bits per heavy atom. The summed E-state index contributed by atoms with van der Waals surface area (Å²) in [6, 6.07) is 10.3. The van der Waals surface area contributed by atoms with E-state index in [1.165, 1.54) is 0 Å². The molecule has 0 spiro atoms. The van der Waals surface area contributed by atoms with Gasteiger partial charge in [-0.05, 0) is 53.7 Å². The minimum Gasteiger partial charge on any atom is -0.334 e. The third kappa shape index (κ3) is 3.46. The molecular formula is C19H27N3O. The summed E-state index contributed by atoms with van der Waals surface area (Å²) in [5.74, 6) is 0.0714. The van der Waals surface area contributed by atoms with Crippen molar-refractivity contribution < 1.29 is 4.79 Å². The van der Waals surface area contributed by atoms with E-state index in [1.807, 2.05) is 39.9 Å². The molecule has 2 rings (SSSR count). The average molecular weight is 313 g/mol. The van der Waals surface area contributed by atoms with Gasteiger partial charge in [0.25, 0.3) is 5.91 Å². The van der Waals surface area contributed by atoms with Crippen LogP contribution in [-0.4, -0.2) is 32.7 Å². The maximum Gasteiger partial charge on any atom is 0.255 e. The first-order valence-electron chi connectivity index (χ1n) is 8.30. The van der Waals surface area contributed by atoms with Crippen molar-refractivity contribution in [2.75, 3.05) is 0 Å². The van der Waals surface area contributed by atoms with Crippen molar-refractivity contribution in [2.24, 2.45) is 0 Å². The Labute approximate surface area is 139 Å². The van der Waals surface area contributed by atoms with E-state index >= 15 is 0 Å². The van der Waals surface area contributed by atoms with Crippen molar-refractivity contribution in [2.45, 2.75) is 59.7 Å². The van der Waals surface area contributed by atoms with Crippen molar-refractivity contribution in [3.8, 4) is 11.3 Å². The van der Waals surface area contributed by atoms with E-state index < -0.39 is 0 Å². The van der Waals surface area contributed by atoms with Crippen LogP contribution >= 0.6 is 0 Å². The average Bonchev–Trinajstić information content (AvgIpc) is 2.95. The molecule has 23 heavy (non-hydrogen) atoms. The van der Waals surface area contributed by atoms with Crippen molar-refractivity contribution in [1.29, 1.82) is 0 Å². The van der Waals surface area contributed by atoms with Crippen molar-refractivity contribution >= 4 is 5.91 Å². The second-order valence-corrected chi connectivity index (χ2v) is 6.70. The maximum atomic E-state index is 13.1. The summed E-state index contributed by atoms with van der Waals surface area (Å²) in [6.07, 6.45) is 1.79. The fraction of sp³-hybridized carbons (Fsp3) is 0.474. The van der Waals surface area contributed by atoms with Crippen molar-refractivity contribution in [1.82, 2.24) is 14.7 Å². The van der Waals surface area contributed by atoms with Crippen LogP contribution in [0.5, 0.6) is 0 Å². The number of rotatable bonds is 5. The number of amides is 1. The SMILES string of the molecule is CC(C)N(C(=O)c1ccccc1-c1ccnn1C(C)C)C(C)C. The normalized spacial score (nSPS) is 11.5. The molecule has 0 unspecified atom stereocenters. The van der Waals surface area contributed by atoms with Gasteiger partial charge in [-0.3, -0.25) is 9.48 Å². The van der Waals surface area contributed by atoms with Gasteiger partial charge < -0.3 is 4.90 Å². The molecule has 4 nitrogen and oxygen atoms in total. The highest BCUT2D eigenvalue weighted by molar-refractivity contribution is 6.00. The predicted molar refractivity (Wildman–Crippen MR) is 94.5 cm³/mol. The smallest absolute Gasteiger partial charge is 0.255 e. The Hall–Kier alpha value is -2.10. The quantitative estimate of drug-likeness (QED) is 0.821. The highest BCUT2D eigenvalue weighted by atomic mass is 16.2. The minimum atomic E-state index is 0.0714. The van der Waals surface area contributed by atoms with E-state index in [9.17, 15) is 4.79 Å². The van der Waals surface area contributed by atoms with E-state index in [1.54, 1.807) is 6.20 Å². The molecule has 1 heterocycles. The Bertz CT molecular complexity index is 663. The highest BCUT2D eigenvalue weighted by Crippen LogP contribution is 2.27. The van der Waals surface area contributed by atoms with Crippen LogP contribution in [0.25, 0.3) is 11.3 Å². The molecule has 0 saturated heterocycles. The molecular weight excluding hydrogens is 286 g/mol. The van der Waals surface area contributed by atoms with E-state index in [0.717, 1.165) is 16.8 Å². The zero-order valence-electron chi connectivity index (χ0n) is 14.9. The molecule has 1 aromatic carbocycles. The molecule has 0 bridgehead atoms. The van der Waals surface area contributed by atoms with E-state index in [4.69, 9.17) is 0 Å². The van der Waals surface area contributed by atoms with Gasteiger partial charge in [-0.2, -0.15) is 5.10 Å². The molecule has 2 aromatic rings. The molecule has 0 fully saturated rings. The van der Waals surface area contributed by atoms with Crippen LogP contribution in [0.2, 0.25) is 0 Å². The Morgan fingerprint density at radius 1 is 1.00 bits per heavy atom. The predicted octanol–water partition coefficient (Wildman–Crippen LogP) is 4.39. The molecule has 0 saturated carbocycles. The lowest BCUT2D eigenvalue weighted by atomic mass is 10.0. The Morgan fingerprint density at radius 2 is 1.61 bits per heavy atom. The van der Waals surface area contributed by atoms with Crippen LogP contribution in [-0.2, 0) is 0 Å². The Kier molecular flexibility index (Phi) is 5.24. The van der Waals surface area contributed by atoms with Gasteiger partial charge in [0.05, 0.1) is 5.69 Å². The summed E-state index contributed by atoms with van der Waals surface area (Å²) in [6.45, 7) is 12.4. The fourth-order valence-corrected chi connectivity index (χ4v) is 3.04. The monoisotopic (exact) mass is 313 g/mol. The maximum absolute atomic E-state index is 13.1. The lowest BCUT2D eigenvalue weighted by Crippen LogP contribution is -2.42. The second-order valence-electron chi connectivity index (χ2n) is 6.70. The fourth-order valence-electron chi connectivity index (χ4n) is 3.04. The second kappa shape index (κ2) is 6.99. The van der Waals surface area contributed by atoms with Crippen LogP contribution in [0.3, 0.4) is 0 Å². The van der Waals surface area contributed by atoms with Crippen molar-refractivity contribution in [3.05, 3.63) is 42.1 Å². The Balaban J connectivity index is 2.53. The number of carbonyl (C=O) groups is 1. The lowest BCUT2D eigenvalue weighted by molar-refractivity contribution is 0.0644. The first-order chi connectivity index (χ1) is 10.8. The molecule has 0 aliphatic rings. The summed E-state index contributed by atoms with van der Waals surface area (Å²) in [7, 11) is 0. The summed E-state index contributed by atoms with van der Waals surface area (Å²) in [5, 5.41) is 4.40. The number of aromatic nitrogens is 2. The lowest BCUT2D eigenvalue weighted by Gasteiger charge is -2.31. The largest absolute Gasteiger partial charge is 0.334 e. The van der Waals surface area contributed by atoms with E-state index in [0.29, 0.717) is 0 Å². The first-order valence-corrected chi connectivity index (χ1v) is 8.30. The van der Waals surface area contributed by atoms with Crippen molar-refractivity contribution in [3.63, 3.8) is 0 Å². The van der Waals surface area contributed by atoms with Crippen LogP contribution in [0.1, 0.15) is 57.9 Å². The topological polar surface area (TPSA) is 38.1 Å². The summed E-state index contributed by atoms with van der Waals surface area (Å²) in [5.41, 5.74) is 2.66. The van der Waals surface area contributed by atoms with Gasteiger partial charge in [-0.15, -0.1) is 0 Å². The third-order valence-electron chi connectivity index (χ3n) is 3.94. The van der Waals surface area contributed by atoms with E-state index in [2.05, 4.69) is 46.6 Å². The zero-order valence-corrected chi connectivity index (χ0v) is 14.9. The standard InChI is InChI=1S/C19H27N3O/c1-13(2)21(14(3)4)19(23)17-10-8-7-9-16(17)18-11-12-20-22(18)15(5)6/h7-15H,1-6H3. The molecule has 1 amide bonds. The highest BCUT2D eigenvalue weighted by Gasteiger charge is 2.25. The van der Waals surface area contributed by atoms with Gasteiger partial charge in [0.15, 0.2) is 0 Å². The van der Waals surface area contributed by atoms with Gasteiger partial charge in [0.1, 0.15) is 0 Å². The summed E-state index contributed by atoms with van der Waals surface area (Å²) in [4.78, 5) is 15.0. The van der Waals surface area contributed by atoms with E-state index in [-0.39, 0.29) is 24.0 Å². The molecule has 124 valence electrons. The number of carbonyl (C=O) groups excluding carboxylic acids is 1. The molecule has 0 radical (unpaired) electrons.